The molecule has 15 heavy (non-hydrogen) atoms. The van der Waals surface area contributed by atoms with Crippen molar-refractivity contribution in [3.63, 3.8) is 0 Å². The van der Waals surface area contributed by atoms with Crippen molar-refractivity contribution in [2.75, 3.05) is 13.2 Å². The van der Waals surface area contributed by atoms with Gasteiger partial charge in [-0.25, -0.2) is 0 Å². The number of carbonyl (C=O) groups is 1. The summed E-state index contributed by atoms with van der Waals surface area (Å²) in [6.45, 7) is 1.14. The number of ether oxygens (including phenoxy) is 1. The predicted molar refractivity (Wildman–Crippen MR) is 59.1 cm³/mol. The standard InChI is InChI=1S/C12H13ClO2/c13-11-3-1-9(2-4-11)7-10-8-15-6-5-12(10)14/h1-4,10H,5-8H2/t10-/m1/s1. The second kappa shape index (κ2) is 4.77. The Labute approximate surface area is 94.2 Å². The van der Waals surface area contributed by atoms with E-state index in [0.717, 1.165) is 17.0 Å². The van der Waals surface area contributed by atoms with Crippen LogP contribution in [-0.4, -0.2) is 19.0 Å². The van der Waals surface area contributed by atoms with Gasteiger partial charge in [0, 0.05) is 17.4 Å². The zero-order valence-corrected chi connectivity index (χ0v) is 9.17. The van der Waals surface area contributed by atoms with Gasteiger partial charge in [0.15, 0.2) is 0 Å². The highest BCUT2D eigenvalue weighted by Crippen LogP contribution is 2.17. The maximum atomic E-state index is 11.6. The highest BCUT2D eigenvalue weighted by Gasteiger charge is 2.22. The lowest BCUT2D eigenvalue weighted by Crippen LogP contribution is -2.29. The summed E-state index contributed by atoms with van der Waals surface area (Å²) in [4.78, 5) is 11.6. The quantitative estimate of drug-likeness (QED) is 0.772. The average Bonchev–Trinajstić information content (AvgIpc) is 2.25. The molecule has 1 aromatic carbocycles. The normalized spacial score (nSPS) is 21.7. The van der Waals surface area contributed by atoms with E-state index in [-0.39, 0.29) is 5.92 Å². The molecule has 1 aromatic rings. The molecular weight excluding hydrogens is 212 g/mol. The first kappa shape index (κ1) is 10.7. The SMILES string of the molecule is O=C1CCOC[C@H]1Cc1ccc(Cl)cc1. The Morgan fingerprint density at radius 3 is 2.73 bits per heavy atom. The minimum atomic E-state index is 0.0277. The van der Waals surface area contributed by atoms with E-state index in [2.05, 4.69) is 0 Å². The minimum absolute atomic E-state index is 0.0277. The van der Waals surface area contributed by atoms with Gasteiger partial charge in [0.05, 0.1) is 13.2 Å². The summed E-state index contributed by atoms with van der Waals surface area (Å²) in [5.74, 6) is 0.344. The van der Waals surface area contributed by atoms with Crippen LogP contribution in [0.15, 0.2) is 24.3 Å². The highest BCUT2D eigenvalue weighted by atomic mass is 35.5. The number of hydrogen-bond acceptors (Lipinski definition) is 2. The van der Waals surface area contributed by atoms with E-state index in [9.17, 15) is 4.79 Å². The van der Waals surface area contributed by atoms with E-state index in [4.69, 9.17) is 16.3 Å². The molecule has 2 rings (SSSR count). The van der Waals surface area contributed by atoms with Crippen LogP contribution < -0.4 is 0 Å². The molecule has 0 unspecified atom stereocenters. The zero-order chi connectivity index (χ0) is 10.7. The number of Topliss-reactive ketones (excluding diaryl/α,β-unsaturated/α-hetero) is 1. The minimum Gasteiger partial charge on any atom is -0.380 e. The lowest BCUT2D eigenvalue weighted by Gasteiger charge is -2.20. The molecule has 1 saturated heterocycles. The van der Waals surface area contributed by atoms with E-state index in [1.54, 1.807) is 0 Å². The number of benzene rings is 1. The molecule has 0 spiro atoms. The molecule has 1 heterocycles. The van der Waals surface area contributed by atoms with Crippen LogP contribution in [0.5, 0.6) is 0 Å². The fourth-order valence-electron chi connectivity index (χ4n) is 1.77. The number of hydrogen-bond donors (Lipinski definition) is 0. The Morgan fingerprint density at radius 1 is 1.33 bits per heavy atom. The van der Waals surface area contributed by atoms with E-state index >= 15 is 0 Å². The number of ketones is 1. The summed E-state index contributed by atoms with van der Waals surface area (Å²) in [5.41, 5.74) is 1.14. The van der Waals surface area contributed by atoms with Gasteiger partial charge in [0.25, 0.3) is 0 Å². The van der Waals surface area contributed by atoms with Crippen LogP contribution in [0.2, 0.25) is 5.02 Å². The molecule has 0 amide bonds. The van der Waals surface area contributed by atoms with Crippen molar-refractivity contribution < 1.29 is 9.53 Å². The van der Waals surface area contributed by atoms with Gasteiger partial charge in [-0.1, -0.05) is 23.7 Å². The van der Waals surface area contributed by atoms with Crippen molar-refractivity contribution in [2.45, 2.75) is 12.8 Å². The Bertz CT molecular complexity index is 345. The third-order valence-electron chi connectivity index (χ3n) is 2.66. The van der Waals surface area contributed by atoms with Crippen molar-refractivity contribution >= 4 is 17.4 Å². The molecule has 1 aliphatic heterocycles. The van der Waals surface area contributed by atoms with Crippen LogP contribution in [0.3, 0.4) is 0 Å². The first-order valence-corrected chi connectivity index (χ1v) is 5.48. The molecule has 0 saturated carbocycles. The van der Waals surface area contributed by atoms with Crippen LogP contribution in [0.4, 0.5) is 0 Å². The van der Waals surface area contributed by atoms with Crippen molar-refractivity contribution in [1.82, 2.24) is 0 Å². The third-order valence-corrected chi connectivity index (χ3v) is 2.91. The second-order valence-corrected chi connectivity index (χ2v) is 4.26. The second-order valence-electron chi connectivity index (χ2n) is 3.82. The predicted octanol–water partition coefficient (Wildman–Crippen LogP) is 2.49. The fourth-order valence-corrected chi connectivity index (χ4v) is 1.90. The highest BCUT2D eigenvalue weighted by molar-refractivity contribution is 6.30. The molecule has 1 fully saturated rings. The average molecular weight is 225 g/mol. The molecule has 0 N–H and O–H groups in total. The van der Waals surface area contributed by atoms with Crippen molar-refractivity contribution in [3.8, 4) is 0 Å². The Kier molecular flexibility index (Phi) is 3.39. The summed E-state index contributed by atoms with van der Waals surface area (Å²) < 4.78 is 5.30. The van der Waals surface area contributed by atoms with E-state index in [1.807, 2.05) is 24.3 Å². The zero-order valence-electron chi connectivity index (χ0n) is 8.41. The summed E-state index contributed by atoms with van der Waals surface area (Å²) in [7, 11) is 0. The lowest BCUT2D eigenvalue weighted by atomic mass is 9.93. The summed E-state index contributed by atoms with van der Waals surface area (Å²) >= 11 is 5.79. The summed E-state index contributed by atoms with van der Waals surface area (Å²) in [6.07, 6.45) is 1.31. The summed E-state index contributed by atoms with van der Waals surface area (Å²) in [5, 5.41) is 0.727. The van der Waals surface area contributed by atoms with Gasteiger partial charge in [-0.15, -0.1) is 0 Å². The van der Waals surface area contributed by atoms with Crippen LogP contribution >= 0.6 is 11.6 Å². The fraction of sp³-hybridized carbons (Fsp3) is 0.417. The molecule has 80 valence electrons. The van der Waals surface area contributed by atoms with Gasteiger partial charge in [-0.2, -0.15) is 0 Å². The van der Waals surface area contributed by atoms with Gasteiger partial charge >= 0.3 is 0 Å². The van der Waals surface area contributed by atoms with Crippen LogP contribution in [-0.2, 0) is 16.0 Å². The van der Waals surface area contributed by atoms with Gasteiger partial charge in [-0.3, -0.25) is 4.79 Å². The van der Waals surface area contributed by atoms with Crippen molar-refractivity contribution in [3.05, 3.63) is 34.9 Å². The first-order chi connectivity index (χ1) is 7.25. The van der Waals surface area contributed by atoms with Crippen molar-refractivity contribution in [2.24, 2.45) is 5.92 Å². The molecule has 0 aromatic heterocycles. The number of carbonyl (C=O) groups excluding carboxylic acids is 1. The maximum absolute atomic E-state index is 11.6. The van der Waals surface area contributed by atoms with Crippen molar-refractivity contribution in [1.29, 1.82) is 0 Å². The van der Waals surface area contributed by atoms with Crippen LogP contribution in [0, 0.1) is 5.92 Å². The Balaban J connectivity index is 2.01. The molecule has 3 heteroatoms. The Morgan fingerprint density at radius 2 is 2.07 bits per heavy atom. The summed E-state index contributed by atoms with van der Waals surface area (Å²) in [6, 6.07) is 7.63. The van der Waals surface area contributed by atoms with Gasteiger partial charge in [-0.05, 0) is 24.1 Å². The monoisotopic (exact) mass is 224 g/mol. The molecule has 1 aliphatic rings. The van der Waals surface area contributed by atoms with Crippen LogP contribution in [0.25, 0.3) is 0 Å². The first-order valence-electron chi connectivity index (χ1n) is 5.10. The van der Waals surface area contributed by atoms with Gasteiger partial charge in [0.2, 0.25) is 0 Å². The van der Waals surface area contributed by atoms with E-state index < -0.39 is 0 Å². The molecule has 0 radical (unpaired) electrons. The van der Waals surface area contributed by atoms with Gasteiger partial charge in [0.1, 0.15) is 5.78 Å². The maximum Gasteiger partial charge on any atom is 0.140 e. The largest absolute Gasteiger partial charge is 0.380 e. The van der Waals surface area contributed by atoms with Gasteiger partial charge < -0.3 is 4.74 Å². The topological polar surface area (TPSA) is 26.3 Å². The van der Waals surface area contributed by atoms with Crippen LogP contribution in [0.1, 0.15) is 12.0 Å². The molecule has 0 bridgehead atoms. The number of halogens is 1. The van der Waals surface area contributed by atoms with E-state index in [0.29, 0.717) is 25.4 Å². The molecular formula is C12H13ClO2. The molecule has 1 atom stereocenters. The lowest BCUT2D eigenvalue weighted by molar-refractivity contribution is -0.130. The molecule has 2 nitrogen and oxygen atoms in total. The third kappa shape index (κ3) is 2.80. The van der Waals surface area contributed by atoms with E-state index in [1.165, 1.54) is 0 Å². The smallest absolute Gasteiger partial charge is 0.140 e. The molecule has 0 aliphatic carbocycles. The number of rotatable bonds is 2. The Hall–Kier alpha value is -0.860.